The Kier molecular flexibility index (Phi) is 15.9. The second-order valence-corrected chi connectivity index (χ2v) is 14.3. The number of nitrogens with two attached hydrogens (primary N) is 3. The Morgan fingerprint density at radius 2 is 1.37 bits per heavy atom. The smallest absolute Gasteiger partial charge is 0.341 e. The maximum atomic E-state index is 14.1. The predicted molar refractivity (Wildman–Crippen MR) is 225 cm³/mol. The molecule has 18 nitrogen and oxygen atoms in total. The minimum atomic E-state index is -1.24. The highest BCUT2D eigenvalue weighted by atomic mass is 16.2. The number of unbranched alkanes of at least 4 members (excludes halogenated alkanes) is 1. The molecule has 0 radical (unpaired) electrons. The van der Waals surface area contributed by atoms with E-state index in [-0.39, 0.29) is 31.4 Å². The predicted octanol–water partition coefficient (Wildman–Crippen LogP) is 0.951. The Hall–Kier alpha value is -7.05. The first-order chi connectivity index (χ1) is 28.9. The van der Waals surface area contributed by atoms with Gasteiger partial charge in [0.05, 0.1) is 18.1 Å². The number of hydrazine groups is 1. The molecule has 13 N–H and O–H groups in total. The van der Waals surface area contributed by atoms with Gasteiger partial charge in [0.1, 0.15) is 24.2 Å². The monoisotopic (exact) mass is 820 g/mol. The van der Waals surface area contributed by atoms with E-state index in [0.29, 0.717) is 30.6 Å². The third-order valence-electron chi connectivity index (χ3n) is 9.76. The normalized spacial score (nSPS) is 13.5. The summed E-state index contributed by atoms with van der Waals surface area (Å²) in [5.74, 6) is -3.49. The molecule has 0 aliphatic carbocycles. The maximum Gasteiger partial charge on any atom is 0.341 e. The van der Waals surface area contributed by atoms with Crippen LogP contribution in [0.25, 0.3) is 10.9 Å². The number of amides is 7. The van der Waals surface area contributed by atoms with E-state index in [1.54, 1.807) is 73.1 Å². The lowest BCUT2D eigenvalue weighted by Gasteiger charge is -2.29. The number of H-pyrrole nitrogens is 2. The Balaban J connectivity index is 1.33. The van der Waals surface area contributed by atoms with Gasteiger partial charge in [-0.15, -0.1) is 0 Å². The third kappa shape index (κ3) is 12.5. The number of hydrogen-bond donors (Lipinski definition) is 10. The zero-order valence-electron chi connectivity index (χ0n) is 33.2. The van der Waals surface area contributed by atoms with Gasteiger partial charge in [-0.25, -0.2) is 14.8 Å². The number of imidazole rings is 1. The molecule has 2 aromatic heterocycles. The molecule has 0 unspecified atom stereocenters. The fourth-order valence-corrected chi connectivity index (χ4v) is 6.45. The van der Waals surface area contributed by atoms with Crippen molar-refractivity contribution in [1.29, 1.82) is 0 Å². The van der Waals surface area contributed by atoms with Gasteiger partial charge in [0.25, 0.3) is 5.91 Å². The van der Waals surface area contributed by atoms with Crippen LogP contribution in [0.3, 0.4) is 0 Å². The first-order valence-electron chi connectivity index (χ1n) is 19.6. The van der Waals surface area contributed by atoms with Crippen LogP contribution in [-0.4, -0.2) is 87.3 Å². The van der Waals surface area contributed by atoms with Crippen molar-refractivity contribution >= 4 is 52.2 Å². The number of benzene rings is 3. The van der Waals surface area contributed by atoms with E-state index in [1.807, 2.05) is 24.3 Å². The summed E-state index contributed by atoms with van der Waals surface area (Å²) in [7, 11) is 0. The van der Waals surface area contributed by atoms with Gasteiger partial charge in [0.15, 0.2) is 0 Å². The Morgan fingerprint density at radius 1 is 0.717 bits per heavy atom. The van der Waals surface area contributed by atoms with Crippen LogP contribution in [-0.2, 0) is 43.2 Å². The average molecular weight is 821 g/mol. The lowest BCUT2D eigenvalue weighted by Crippen LogP contribution is -2.61. The highest BCUT2D eigenvalue weighted by Crippen LogP contribution is 2.20. The number of anilines is 1. The molecule has 0 aliphatic rings. The lowest BCUT2D eigenvalue weighted by atomic mass is 10.0. The fraction of sp³-hybridized carbons (Fsp3) is 0.310. The molecule has 3 aromatic carbocycles. The standard InChI is InChI=1S/C42H52N12O6/c1-26(49-40(58)36(21-28-23-47-33-17-9-8-16-31(28)33)51-39(57)32(44)22-29-24-46-25-48-29)38(56)53-54(30-14-6-3-7-15-30)42(60)52-35(20-27-12-4-2-5-13-27)41(59)50-34(37(45)55)18-10-11-19-43/h2-9,12-17,23-26,32,34-36,47H,10-11,18-22,43-44H2,1H3,(H2,45,55)(H,46,48)(H,49,58)(H,50,59)(H,51,57)(H,52,60)(H,53,56)/t26-,32-,34-,35+,36+/m0/s1. The molecule has 60 heavy (non-hydrogen) atoms. The Labute approximate surface area is 346 Å². The quantitative estimate of drug-likeness (QED) is 0.0395. The molecule has 18 heteroatoms. The van der Waals surface area contributed by atoms with Gasteiger partial charge in [-0.3, -0.25) is 29.4 Å². The largest absolute Gasteiger partial charge is 0.368 e. The summed E-state index contributed by atoms with van der Waals surface area (Å²) in [5, 5.41) is 12.5. The molecular formula is C42H52N12O6. The van der Waals surface area contributed by atoms with Crippen LogP contribution in [0.4, 0.5) is 10.5 Å². The summed E-state index contributed by atoms with van der Waals surface area (Å²) in [4.78, 5) is 91.3. The minimum Gasteiger partial charge on any atom is -0.368 e. The van der Waals surface area contributed by atoms with E-state index in [0.717, 1.165) is 21.5 Å². The minimum absolute atomic E-state index is 0.0326. The number of carbonyl (C=O) groups excluding carboxylic acids is 6. The summed E-state index contributed by atoms with van der Waals surface area (Å²) < 4.78 is 0. The van der Waals surface area contributed by atoms with Gasteiger partial charge < -0.3 is 48.4 Å². The van der Waals surface area contributed by atoms with Gasteiger partial charge in [-0.05, 0) is 62.1 Å². The molecular weight excluding hydrogens is 769 g/mol. The van der Waals surface area contributed by atoms with Crippen molar-refractivity contribution in [3.63, 3.8) is 0 Å². The molecule has 0 spiro atoms. The van der Waals surface area contributed by atoms with Crippen LogP contribution in [0.2, 0.25) is 0 Å². The van der Waals surface area contributed by atoms with Crippen molar-refractivity contribution in [2.45, 2.75) is 75.7 Å². The average Bonchev–Trinajstić information content (AvgIpc) is 3.92. The van der Waals surface area contributed by atoms with E-state index in [9.17, 15) is 28.8 Å². The fourth-order valence-electron chi connectivity index (χ4n) is 6.45. The van der Waals surface area contributed by atoms with Gasteiger partial charge in [-0.1, -0.05) is 66.7 Å². The third-order valence-corrected chi connectivity index (χ3v) is 9.76. The molecule has 0 bridgehead atoms. The number of fused-ring (bicyclic) bond motifs is 1. The zero-order chi connectivity index (χ0) is 43.0. The molecule has 7 amide bonds. The van der Waals surface area contributed by atoms with E-state index in [4.69, 9.17) is 17.2 Å². The van der Waals surface area contributed by atoms with Crippen molar-refractivity contribution in [2.75, 3.05) is 11.6 Å². The van der Waals surface area contributed by atoms with Gasteiger partial charge in [0.2, 0.25) is 23.6 Å². The molecule has 0 aliphatic heterocycles. The van der Waals surface area contributed by atoms with Crippen LogP contribution < -0.4 is 48.9 Å². The topological polar surface area (TPSA) is 288 Å². The van der Waals surface area contributed by atoms with Crippen molar-refractivity contribution in [3.05, 3.63) is 120 Å². The van der Waals surface area contributed by atoms with Crippen molar-refractivity contribution in [3.8, 4) is 0 Å². The van der Waals surface area contributed by atoms with Gasteiger partial charge in [-0.2, -0.15) is 0 Å². The zero-order valence-corrected chi connectivity index (χ0v) is 33.2. The second-order valence-electron chi connectivity index (χ2n) is 14.3. The molecule has 0 saturated heterocycles. The first kappa shape index (κ1) is 44.1. The molecule has 5 aromatic rings. The summed E-state index contributed by atoms with van der Waals surface area (Å²) in [6.07, 6.45) is 6.40. The molecule has 2 heterocycles. The van der Waals surface area contributed by atoms with Crippen LogP contribution in [0.15, 0.2) is 104 Å². The van der Waals surface area contributed by atoms with Crippen LogP contribution in [0.5, 0.6) is 0 Å². The van der Waals surface area contributed by atoms with Crippen LogP contribution in [0, 0.1) is 0 Å². The molecule has 316 valence electrons. The van der Waals surface area contributed by atoms with Crippen molar-refractivity contribution in [1.82, 2.24) is 41.6 Å². The molecule has 0 saturated carbocycles. The number of urea groups is 1. The number of para-hydroxylation sites is 2. The van der Waals surface area contributed by atoms with E-state index >= 15 is 0 Å². The summed E-state index contributed by atoms with van der Waals surface area (Å²) in [6, 6.07) is 18.0. The number of rotatable bonds is 20. The number of aromatic amines is 2. The summed E-state index contributed by atoms with van der Waals surface area (Å²) >= 11 is 0. The van der Waals surface area contributed by atoms with E-state index in [1.165, 1.54) is 13.3 Å². The molecule has 0 fully saturated rings. The molecule has 5 rings (SSSR count). The SMILES string of the molecule is C[C@H](NC(=O)[C@@H](Cc1c[nH]c2ccccc12)NC(=O)[C@@H](N)Cc1cnc[nH]1)C(=O)NN(C(=O)N[C@H](Cc1ccccc1)C(=O)N[C@@H](CCCCN)C(N)=O)c1ccccc1. The van der Waals surface area contributed by atoms with Crippen LogP contribution >= 0.6 is 0 Å². The lowest BCUT2D eigenvalue weighted by molar-refractivity contribution is -0.132. The van der Waals surface area contributed by atoms with Crippen molar-refractivity contribution in [2.24, 2.45) is 17.2 Å². The maximum absolute atomic E-state index is 14.1. The van der Waals surface area contributed by atoms with Crippen molar-refractivity contribution < 1.29 is 28.8 Å². The number of nitrogens with one attached hydrogen (secondary N) is 7. The summed E-state index contributed by atoms with van der Waals surface area (Å²) in [6.45, 7) is 1.82. The van der Waals surface area contributed by atoms with E-state index < -0.39 is 65.8 Å². The van der Waals surface area contributed by atoms with E-state index in [2.05, 4.69) is 41.6 Å². The van der Waals surface area contributed by atoms with Gasteiger partial charge >= 0.3 is 6.03 Å². The highest BCUT2D eigenvalue weighted by molar-refractivity contribution is 6.00. The number of nitrogens with zero attached hydrogens (tertiary/aromatic N) is 2. The summed E-state index contributed by atoms with van der Waals surface area (Å²) in [5.41, 5.74) is 23.1. The first-order valence-corrected chi connectivity index (χ1v) is 19.6. The Bertz CT molecular complexity index is 2200. The second kappa shape index (κ2) is 21.6. The highest BCUT2D eigenvalue weighted by Gasteiger charge is 2.31. The number of carbonyl (C=O) groups is 6. The number of aromatic nitrogens is 3. The Morgan fingerprint density at radius 3 is 2.05 bits per heavy atom. The van der Waals surface area contributed by atoms with Crippen LogP contribution in [0.1, 0.15) is 43.0 Å². The molecule has 5 atom stereocenters. The van der Waals surface area contributed by atoms with Gasteiger partial charge in [0, 0.05) is 48.3 Å². The number of primary amides is 1. The number of hydrogen-bond acceptors (Lipinski definition) is 9.